The molecule has 1 saturated carbocycles. The molecule has 0 aromatic carbocycles. The first-order valence-electron chi connectivity index (χ1n) is 6.02. The van der Waals surface area contributed by atoms with Gasteiger partial charge in [0.1, 0.15) is 0 Å². The van der Waals surface area contributed by atoms with Crippen LogP contribution in [0.1, 0.15) is 59.8 Å². The predicted octanol–water partition coefficient (Wildman–Crippen LogP) is 4.40. The summed E-state index contributed by atoms with van der Waals surface area (Å²) in [5, 5.41) is 0. The second kappa shape index (κ2) is 14.8. The SMILES string of the molecule is C1CC1.CC.CC.NC1=CCCC=C1. The Kier molecular flexibility index (Phi) is 16.6. The molecule has 2 aliphatic carbocycles. The van der Waals surface area contributed by atoms with Gasteiger partial charge in [-0.3, -0.25) is 0 Å². The predicted molar refractivity (Wildman–Crippen MR) is 67.2 cm³/mol. The molecule has 0 spiro atoms. The van der Waals surface area contributed by atoms with Crippen molar-refractivity contribution in [2.75, 3.05) is 0 Å². The minimum Gasteiger partial charge on any atom is -0.399 e. The second-order valence-electron chi connectivity index (χ2n) is 2.74. The molecule has 0 aliphatic heterocycles. The largest absolute Gasteiger partial charge is 0.399 e. The normalized spacial score (nSPS) is 15.6. The van der Waals surface area contributed by atoms with E-state index in [1.54, 1.807) is 0 Å². The van der Waals surface area contributed by atoms with Gasteiger partial charge in [0.15, 0.2) is 0 Å². The zero-order valence-corrected chi connectivity index (χ0v) is 10.3. The van der Waals surface area contributed by atoms with Crippen molar-refractivity contribution in [1.29, 1.82) is 0 Å². The first-order valence-corrected chi connectivity index (χ1v) is 6.02. The second-order valence-corrected chi connectivity index (χ2v) is 2.74. The van der Waals surface area contributed by atoms with Gasteiger partial charge < -0.3 is 5.73 Å². The highest BCUT2D eigenvalue weighted by Crippen LogP contribution is 2.14. The summed E-state index contributed by atoms with van der Waals surface area (Å²) in [6.07, 6.45) is 12.8. The summed E-state index contributed by atoms with van der Waals surface area (Å²) in [6, 6.07) is 0. The van der Waals surface area contributed by atoms with Gasteiger partial charge in [-0.1, -0.05) is 59.1 Å². The van der Waals surface area contributed by atoms with Crippen LogP contribution >= 0.6 is 0 Å². The van der Waals surface area contributed by atoms with E-state index in [0.29, 0.717) is 0 Å². The first-order chi connectivity index (χ1) is 6.89. The fraction of sp³-hybridized carbons (Fsp3) is 0.692. The Bertz CT molecular complexity index is 141. The third-order valence-electron chi connectivity index (χ3n) is 1.38. The maximum Gasteiger partial charge on any atom is 0.0270 e. The van der Waals surface area contributed by atoms with Crippen molar-refractivity contribution in [1.82, 2.24) is 0 Å². The van der Waals surface area contributed by atoms with Crippen molar-refractivity contribution < 1.29 is 0 Å². The van der Waals surface area contributed by atoms with Crippen LogP contribution in [0.2, 0.25) is 0 Å². The molecule has 1 nitrogen and oxygen atoms in total. The number of nitrogens with two attached hydrogens (primary N) is 1. The number of hydrogen-bond acceptors (Lipinski definition) is 1. The van der Waals surface area contributed by atoms with Crippen LogP contribution in [0.3, 0.4) is 0 Å². The molecule has 1 heteroatoms. The molecule has 0 unspecified atom stereocenters. The van der Waals surface area contributed by atoms with Crippen LogP contribution in [0.15, 0.2) is 23.9 Å². The van der Waals surface area contributed by atoms with Crippen molar-refractivity contribution >= 4 is 0 Å². The molecule has 2 N–H and O–H groups in total. The van der Waals surface area contributed by atoms with E-state index in [1.165, 1.54) is 19.3 Å². The molecule has 14 heavy (non-hydrogen) atoms. The summed E-state index contributed by atoms with van der Waals surface area (Å²) in [4.78, 5) is 0. The molecule has 0 aromatic heterocycles. The number of rotatable bonds is 0. The van der Waals surface area contributed by atoms with Crippen LogP contribution in [0, 0.1) is 0 Å². The van der Waals surface area contributed by atoms with Gasteiger partial charge in [-0.05, 0) is 18.9 Å². The molecule has 0 heterocycles. The Balaban J connectivity index is 0. The van der Waals surface area contributed by atoms with Crippen molar-refractivity contribution in [2.24, 2.45) is 5.73 Å². The van der Waals surface area contributed by atoms with Gasteiger partial charge in [-0.25, -0.2) is 0 Å². The molecule has 84 valence electrons. The summed E-state index contributed by atoms with van der Waals surface area (Å²) < 4.78 is 0. The van der Waals surface area contributed by atoms with Gasteiger partial charge in [-0.2, -0.15) is 0 Å². The third kappa shape index (κ3) is 17.4. The van der Waals surface area contributed by atoms with E-state index in [2.05, 4.69) is 6.08 Å². The van der Waals surface area contributed by atoms with Crippen molar-refractivity contribution in [2.45, 2.75) is 59.8 Å². The molecule has 0 amide bonds. The molecule has 0 saturated heterocycles. The van der Waals surface area contributed by atoms with Gasteiger partial charge >= 0.3 is 0 Å². The molecule has 2 rings (SSSR count). The lowest BCUT2D eigenvalue weighted by atomic mass is 10.2. The van der Waals surface area contributed by atoms with Crippen molar-refractivity contribution in [3.63, 3.8) is 0 Å². The average molecular weight is 197 g/mol. The van der Waals surface area contributed by atoms with Crippen LogP contribution in [0.25, 0.3) is 0 Å². The maximum absolute atomic E-state index is 5.41. The lowest BCUT2D eigenvalue weighted by molar-refractivity contribution is 1.01. The fourth-order valence-corrected chi connectivity index (χ4v) is 0.634. The highest BCUT2D eigenvalue weighted by atomic mass is 14.6. The van der Waals surface area contributed by atoms with Gasteiger partial charge in [0.25, 0.3) is 0 Å². The third-order valence-corrected chi connectivity index (χ3v) is 1.38. The van der Waals surface area contributed by atoms with E-state index in [1.807, 2.05) is 39.8 Å². The average Bonchev–Trinajstić information content (AvgIpc) is 3.12. The molecule has 0 aromatic rings. The van der Waals surface area contributed by atoms with E-state index in [4.69, 9.17) is 5.73 Å². The standard InChI is InChI=1S/C6H9N.C3H6.2C2H6/c7-6-4-2-1-3-5-6;1-2-3-1;2*1-2/h2,4-5H,1,3,7H2;1-3H2;2*1-2H3. The Morgan fingerprint density at radius 2 is 1.43 bits per heavy atom. The first kappa shape index (κ1) is 15.7. The van der Waals surface area contributed by atoms with Crippen molar-refractivity contribution in [3.05, 3.63) is 23.9 Å². The summed E-state index contributed by atoms with van der Waals surface area (Å²) in [5.41, 5.74) is 6.32. The van der Waals surface area contributed by atoms with Crippen molar-refractivity contribution in [3.8, 4) is 0 Å². The molecular weight excluding hydrogens is 170 g/mol. The monoisotopic (exact) mass is 197 g/mol. The molecule has 1 fully saturated rings. The van der Waals surface area contributed by atoms with Crippen LogP contribution < -0.4 is 5.73 Å². The topological polar surface area (TPSA) is 26.0 Å². The summed E-state index contributed by atoms with van der Waals surface area (Å²) >= 11 is 0. The zero-order chi connectivity index (χ0) is 11.2. The van der Waals surface area contributed by atoms with Crippen LogP contribution in [0.5, 0.6) is 0 Å². The van der Waals surface area contributed by atoms with E-state index in [-0.39, 0.29) is 0 Å². The van der Waals surface area contributed by atoms with Crippen LogP contribution in [0.4, 0.5) is 0 Å². The molecule has 0 atom stereocenters. The van der Waals surface area contributed by atoms with E-state index < -0.39 is 0 Å². The van der Waals surface area contributed by atoms with Gasteiger partial charge in [0.2, 0.25) is 0 Å². The van der Waals surface area contributed by atoms with Crippen LogP contribution in [-0.4, -0.2) is 0 Å². The number of allylic oxidation sites excluding steroid dienone is 3. The number of hydrogen-bond donors (Lipinski definition) is 1. The summed E-state index contributed by atoms with van der Waals surface area (Å²) in [5.74, 6) is 0. The lowest BCUT2D eigenvalue weighted by Gasteiger charge is -1.97. The van der Waals surface area contributed by atoms with E-state index in [9.17, 15) is 0 Å². The Hall–Kier alpha value is -0.720. The molecule has 2 aliphatic rings. The smallest absolute Gasteiger partial charge is 0.0270 e. The fourth-order valence-electron chi connectivity index (χ4n) is 0.634. The van der Waals surface area contributed by atoms with Gasteiger partial charge in [0, 0.05) is 5.70 Å². The van der Waals surface area contributed by atoms with E-state index >= 15 is 0 Å². The molecule has 0 bridgehead atoms. The summed E-state index contributed by atoms with van der Waals surface area (Å²) in [6.45, 7) is 8.00. The molecule has 0 radical (unpaired) electrons. The zero-order valence-electron chi connectivity index (χ0n) is 10.3. The lowest BCUT2D eigenvalue weighted by Crippen LogP contribution is -1.94. The minimum absolute atomic E-state index is 0.909. The Morgan fingerprint density at radius 1 is 0.929 bits per heavy atom. The highest BCUT2D eigenvalue weighted by Gasteiger charge is 1.95. The quantitative estimate of drug-likeness (QED) is 0.612. The molecular formula is C13H27N. The van der Waals surface area contributed by atoms with Crippen LogP contribution in [-0.2, 0) is 0 Å². The minimum atomic E-state index is 0.909. The summed E-state index contributed by atoms with van der Waals surface area (Å²) in [7, 11) is 0. The van der Waals surface area contributed by atoms with Gasteiger partial charge in [-0.15, -0.1) is 0 Å². The Morgan fingerprint density at radius 3 is 1.57 bits per heavy atom. The highest BCUT2D eigenvalue weighted by molar-refractivity contribution is 5.17. The van der Waals surface area contributed by atoms with Gasteiger partial charge in [0.05, 0.1) is 0 Å². The maximum atomic E-state index is 5.41. The van der Waals surface area contributed by atoms with E-state index in [0.717, 1.165) is 18.5 Å². The Labute approximate surface area is 90.1 Å².